The molecule has 0 radical (unpaired) electrons. The quantitative estimate of drug-likeness (QED) is 0.765. The standard InChI is InChI=1S/C9H13NO3/c1-6-4-10(3)5-8(6)13-7(2)9(11)12/h4-5,7H,1-3H3,(H,11,12). The first-order chi connectivity index (χ1) is 6.00. The average Bonchev–Trinajstić information content (AvgIpc) is 2.30. The largest absolute Gasteiger partial charge is 0.479 e. The number of carboxylic acids is 1. The highest BCUT2D eigenvalue weighted by Crippen LogP contribution is 2.18. The lowest BCUT2D eigenvalue weighted by molar-refractivity contribution is -0.144. The topological polar surface area (TPSA) is 51.5 Å². The molecule has 0 saturated heterocycles. The Morgan fingerprint density at radius 2 is 2.23 bits per heavy atom. The SMILES string of the molecule is Cc1cn(C)cc1OC(C)C(=O)O. The summed E-state index contributed by atoms with van der Waals surface area (Å²) in [6.07, 6.45) is 2.83. The van der Waals surface area contributed by atoms with Gasteiger partial charge in [-0.05, 0) is 13.8 Å². The van der Waals surface area contributed by atoms with Crippen molar-refractivity contribution in [1.82, 2.24) is 4.57 Å². The van der Waals surface area contributed by atoms with Crippen LogP contribution < -0.4 is 4.74 Å². The van der Waals surface area contributed by atoms with Crippen LogP contribution in [0.2, 0.25) is 0 Å². The van der Waals surface area contributed by atoms with Gasteiger partial charge in [0.15, 0.2) is 6.10 Å². The zero-order valence-corrected chi connectivity index (χ0v) is 7.94. The van der Waals surface area contributed by atoms with Crippen LogP contribution in [0.5, 0.6) is 5.75 Å². The highest BCUT2D eigenvalue weighted by Gasteiger charge is 2.14. The second kappa shape index (κ2) is 3.51. The molecule has 13 heavy (non-hydrogen) atoms. The molecule has 0 bridgehead atoms. The molecule has 4 heteroatoms. The second-order valence-electron chi connectivity index (χ2n) is 3.07. The van der Waals surface area contributed by atoms with Crippen LogP contribution in [-0.4, -0.2) is 21.7 Å². The molecule has 0 aliphatic heterocycles. The Labute approximate surface area is 76.7 Å². The van der Waals surface area contributed by atoms with Crippen molar-refractivity contribution in [2.24, 2.45) is 7.05 Å². The fourth-order valence-electron chi connectivity index (χ4n) is 1.06. The van der Waals surface area contributed by atoms with Crippen molar-refractivity contribution < 1.29 is 14.6 Å². The van der Waals surface area contributed by atoms with E-state index in [0.29, 0.717) is 5.75 Å². The van der Waals surface area contributed by atoms with Crippen LogP contribution in [0, 0.1) is 6.92 Å². The van der Waals surface area contributed by atoms with Gasteiger partial charge >= 0.3 is 5.97 Å². The van der Waals surface area contributed by atoms with Crippen molar-refractivity contribution in [2.45, 2.75) is 20.0 Å². The fraction of sp³-hybridized carbons (Fsp3) is 0.444. The van der Waals surface area contributed by atoms with Crippen molar-refractivity contribution >= 4 is 5.97 Å². The number of carboxylic acid groups (broad SMARTS) is 1. The number of ether oxygens (including phenoxy) is 1. The summed E-state index contributed by atoms with van der Waals surface area (Å²) in [5.41, 5.74) is 0.940. The summed E-state index contributed by atoms with van der Waals surface area (Å²) in [6.45, 7) is 3.39. The number of aryl methyl sites for hydroxylation is 2. The van der Waals surface area contributed by atoms with E-state index in [-0.39, 0.29) is 0 Å². The summed E-state index contributed by atoms with van der Waals surface area (Å²) in [6, 6.07) is 0. The van der Waals surface area contributed by atoms with E-state index in [2.05, 4.69) is 0 Å². The van der Waals surface area contributed by atoms with Crippen molar-refractivity contribution in [1.29, 1.82) is 0 Å². The molecule has 1 aromatic rings. The van der Waals surface area contributed by atoms with Crippen LogP contribution in [0.4, 0.5) is 0 Å². The first-order valence-corrected chi connectivity index (χ1v) is 4.02. The summed E-state index contributed by atoms with van der Waals surface area (Å²) < 4.78 is 7.04. The normalized spacial score (nSPS) is 12.5. The Morgan fingerprint density at radius 1 is 1.62 bits per heavy atom. The molecule has 0 amide bonds. The van der Waals surface area contributed by atoms with Gasteiger partial charge in [0, 0.05) is 25.0 Å². The highest BCUT2D eigenvalue weighted by atomic mass is 16.5. The molecule has 1 rings (SSSR count). The summed E-state index contributed by atoms with van der Waals surface area (Å²) in [7, 11) is 1.87. The number of nitrogens with zero attached hydrogens (tertiary/aromatic N) is 1. The molecule has 1 aromatic heterocycles. The molecule has 0 spiro atoms. The molecule has 0 fully saturated rings. The average molecular weight is 183 g/mol. The maximum absolute atomic E-state index is 10.5. The predicted molar refractivity (Wildman–Crippen MR) is 47.9 cm³/mol. The smallest absolute Gasteiger partial charge is 0.344 e. The predicted octanol–water partition coefficient (Wildman–Crippen LogP) is 1.19. The highest BCUT2D eigenvalue weighted by molar-refractivity contribution is 5.72. The molecule has 1 unspecified atom stereocenters. The van der Waals surface area contributed by atoms with E-state index >= 15 is 0 Å². The third-order valence-corrected chi connectivity index (χ3v) is 1.76. The number of hydrogen-bond acceptors (Lipinski definition) is 2. The summed E-state index contributed by atoms with van der Waals surface area (Å²) >= 11 is 0. The van der Waals surface area contributed by atoms with Gasteiger partial charge in [-0.25, -0.2) is 4.79 Å². The first-order valence-electron chi connectivity index (χ1n) is 4.02. The Morgan fingerprint density at radius 3 is 2.62 bits per heavy atom. The minimum atomic E-state index is -0.955. The number of rotatable bonds is 3. The van der Waals surface area contributed by atoms with Crippen LogP contribution in [0.3, 0.4) is 0 Å². The zero-order valence-electron chi connectivity index (χ0n) is 7.94. The maximum atomic E-state index is 10.5. The summed E-state index contributed by atoms with van der Waals surface area (Å²) in [5, 5.41) is 8.61. The lowest BCUT2D eigenvalue weighted by Gasteiger charge is -2.08. The first kappa shape index (κ1) is 9.64. The van der Waals surface area contributed by atoms with Crippen molar-refractivity contribution in [3.8, 4) is 5.75 Å². The Kier molecular flexibility index (Phi) is 2.60. The van der Waals surface area contributed by atoms with Gasteiger partial charge in [-0.3, -0.25) is 0 Å². The fourth-order valence-corrected chi connectivity index (χ4v) is 1.06. The molecule has 1 atom stereocenters. The van der Waals surface area contributed by atoms with E-state index in [0.717, 1.165) is 5.56 Å². The Bertz CT molecular complexity index is 317. The molecule has 72 valence electrons. The van der Waals surface area contributed by atoms with Gasteiger partial charge in [-0.1, -0.05) is 0 Å². The van der Waals surface area contributed by atoms with Gasteiger partial charge in [0.05, 0.1) is 0 Å². The van der Waals surface area contributed by atoms with Gasteiger partial charge in [0.1, 0.15) is 5.75 Å². The Hall–Kier alpha value is -1.45. The van der Waals surface area contributed by atoms with E-state index in [9.17, 15) is 4.79 Å². The third-order valence-electron chi connectivity index (χ3n) is 1.76. The van der Waals surface area contributed by atoms with Gasteiger partial charge in [-0.2, -0.15) is 0 Å². The second-order valence-corrected chi connectivity index (χ2v) is 3.07. The van der Waals surface area contributed by atoms with Gasteiger partial charge < -0.3 is 14.4 Å². The molecule has 1 heterocycles. The van der Waals surface area contributed by atoms with Crippen LogP contribution in [0.25, 0.3) is 0 Å². The van der Waals surface area contributed by atoms with Crippen molar-refractivity contribution in [2.75, 3.05) is 0 Å². The molecular weight excluding hydrogens is 170 g/mol. The third kappa shape index (κ3) is 2.24. The van der Waals surface area contributed by atoms with Crippen LogP contribution in [0.15, 0.2) is 12.4 Å². The molecule has 0 aliphatic carbocycles. The van der Waals surface area contributed by atoms with Gasteiger partial charge in [0.25, 0.3) is 0 Å². The zero-order chi connectivity index (χ0) is 10.0. The van der Waals surface area contributed by atoms with Crippen molar-refractivity contribution in [3.05, 3.63) is 18.0 Å². The Balaban J connectivity index is 2.74. The molecule has 0 aromatic carbocycles. The van der Waals surface area contributed by atoms with E-state index < -0.39 is 12.1 Å². The minimum Gasteiger partial charge on any atom is -0.479 e. The maximum Gasteiger partial charge on any atom is 0.344 e. The lowest BCUT2D eigenvalue weighted by Crippen LogP contribution is -2.22. The van der Waals surface area contributed by atoms with E-state index in [1.807, 2.05) is 24.7 Å². The molecule has 0 aliphatic rings. The van der Waals surface area contributed by atoms with Crippen LogP contribution >= 0.6 is 0 Å². The van der Waals surface area contributed by atoms with E-state index in [1.165, 1.54) is 6.92 Å². The lowest BCUT2D eigenvalue weighted by atomic mass is 10.3. The van der Waals surface area contributed by atoms with Crippen LogP contribution in [0.1, 0.15) is 12.5 Å². The van der Waals surface area contributed by atoms with Gasteiger partial charge in [-0.15, -0.1) is 0 Å². The van der Waals surface area contributed by atoms with Gasteiger partial charge in [0.2, 0.25) is 0 Å². The number of carbonyl (C=O) groups is 1. The molecular formula is C9H13NO3. The van der Waals surface area contributed by atoms with Crippen LogP contribution in [-0.2, 0) is 11.8 Å². The van der Waals surface area contributed by atoms with E-state index in [1.54, 1.807) is 6.20 Å². The summed E-state index contributed by atoms with van der Waals surface area (Å²) in [5.74, 6) is -0.333. The molecule has 1 N–H and O–H groups in total. The minimum absolute atomic E-state index is 0.623. The molecule has 4 nitrogen and oxygen atoms in total. The van der Waals surface area contributed by atoms with E-state index in [4.69, 9.17) is 9.84 Å². The monoisotopic (exact) mass is 183 g/mol. The van der Waals surface area contributed by atoms with Crippen molar-refractivity contribution in [3.63, 3.8) is 0 Å². The summed E-state index contributed by atoms with van der Waals surface area (Å²) in [4.78, 5) is 10.5. The number of hydrogen-bond donors (Lipinski definition) is 1. The number of aromatic nitrogens is 1. The number of aliphatic carboxylic acids is 1. The molecule has 0 saturated carbocycles.